The van der Waals surface area contributed by atoms with Crippen LogP contribution in [-0.2, 0) is 0 Å². The van der Waals surface area contributed by atoms with Crippen LogP contribution in [0.3, 0.4) is 0 Å². The minimum Gasteiger partial charge on any atom is -0.203 e. The molecule has 0 bridgehead atoms. The first-order chi connectivity index (χ1) is 4.19. The molecule has 0 saturated carbocycles. The fourth-order valence-corrected chi connectivity index (χ4v) is 0.124. The maximum Gasteiger partial charge on any atom is 0.459 e. The van der Waals surface area contributed by atoms with Gasteiger partial charge in [-0.2, -0.15) is 22.0 Å². The summed E-state index contributed by atoms with van der Waals surface area (Å²) in [5.41, 5.74) is 0. The van der Waals surface area contributed by atoms with E-state index in [9.17, 15) is 30.7 Å². The van der Waals surface area contributed by atoms with E-state index < -0.39 is 18.5 Å². The molecule has 0 aliphatic heterocycles. The largest absolute Gasteiger partial charge is 0.459 e. The monoisotopic (exact) mass is 210 g/mol. The van der Waals surface area contributed by atoms with Crippen LogP contribution in [0.15, 0.2) is 0 Å². The van der Waals surface area contributed by atoms with Crippen LogP contribution in [-0.4, -0.2) is 56.3 Å². The molecule has 0 aliphatic rings. The summed E-state index contributed by atoms with van der Waals surface area (Å²) in [6, 6.07) is 0. The van der Waals surface area contributed by atoms with E-state index in [1.807, 2.05) is 0 Å². The Morgan fingerprint density at radius 1 is 0.818 bits per heavy atom. The summed E-state index contributed by atoms with van der Waals surface area (Å²) in [5.74, 6) is -5.90. The molecule has 0 nitrogen and oxygen atoms in total. The molecule has 0 N–H and O–H groups in total. The summed E-state index contributed by atoms with van der Waals surface area (Å²) in [7, 11) is 0. The molecule has 0 heterocycles. The third-order valence-corrected chi connectivity index (χ3v) is 0.652. The molecule has 0 atom stereocenters. The Kier molecular flexibility index (Phi) is 5.37. The zero-order valence-corrected chi connectivity index (χ0v) is 7.14. The van der Waals surface area contributed by atoms with Crippen molar-refractivity contribution in [3.05, 3.63) is 0 Å². The summed E-state index contributed by atoms with van der Waals surface area (Å²) >= 11 is 0. The van der Waals surface area contributed by atoms with Crippen LogP contribution in [0.2, 0.25) is 0 Å². The van der Waals surface area contributed by atoms with E-state index in [2.05, 4.69) is 0 Å². The molecule has 11 heavy (non-hydrogen) atoms. The second kappa shape index (κ2) is 4.13. The van der Waals surface area contributed by atoms with Crippen molar-refractivity contribution in [3.63, 3.8) is 0 Å². The topological polar surface area (TPSA) is 0 Å². The Bertz CT molecular complexity index is 115. The normalized spacial score (nSPS) is 13.1. The Balaban J connectivity index is 0. The molecule has 0 unspecified atom stereocenters. The first-order valence-corrected chi connectivity index (χ1v) is 1.92. The van der Waals surface area contributed by atoms with E-state index >= 15 is 0 Å². The van der Waals surface area contributed by atoms with Gasteiger partial charge in [0.2, 0.25) is 0 Å². The zero-order valence-electron chi connectivity index (χ0n) is 4.93. The summed E-state index contributed by atoms with van der Waals surface area (Å²) in [6.07, 6.45) is -10.9. The zero-order chi connectivity index (χ0) is 8.58. The molecule has 0 aromatic rings. The minimum atomic E-state index is -6.17. The van der Waals surface area contributed by atoms with Crippen LogP contribution < -0.4 is 0 Å². The molecule has 0 fully saturated rings. The van der Waals surface area contributed by atoms with Crippen molar-refractivity contribution < 1.29 is 30.7 Å². The van der Waals surface area contributed by atoms with Crippen molar-refractivity contribution in [2.45, 2.75) is 18.5 Å². The van der Waals surface area contributed by atoms with Crippen molar-refractivity contribution in [2.75, 3.05) is 0 Å². The maximum atomic E-state index is 11.2. The summed E-state index contributed by atoms with van der Waals surface area (Å²) in [6.45, 7) is 0. The summed E-state index contributed by atoms with van der Waals surface area (Å²) < 4.78 is 76.6. The standard InChI is InChI=1S/C3HF7.Ca/c4-1(5)2(6,7)3(8,9)10;/h1H;. The van der Waals surface area contributed by atoms with Gasteiger partial charge in [0.25, 0.3) is 0 Å². The molecule has 2 radical (unpaired) electrons. The van der Waals surface area contributed by atoms with Gasteiger partial charge in [-0.25, -0.2) is 8.78 Å². The van der Waals surface area contributed by atoms with Gasteiger partial charge in [-0.05, 0) is 0 Å². The molecule has 0 spiro atoms. The second-order valence-corrected chi connectivity index (χ2v) is 1.42. The van der Waals surface area contributed by atoms with Gasteiger partial charge in [0.15, 0.2) is 0 Å². The predicted octanol–water partition coefficient (Wildman–Crippen LogP) is 2.07. The SMILES string of the molecule is FC(F)C(F)(F)C(F)(F)F.[Ca]. The van der Waals surface area contributed by atoms with Crippen molar-refractivity contribution in [1.82, 2.24) is 0 Å². The van der Waals surface area contributed by atoms with E-state index in [0.29, 0.717) is 0 Å². The maximum absolute atomic E-state index is 11.2. The fraction of sp³-hybridized carbons (Fsp3) is 1.00. The van der Waals surface area contributed by atoms with Gasteiger partial charge in [-0.1, -0.05) is 0 Å². The van der Waals surface area contributed by atoms with Crippen molar-refractivity contribution in [3.8, 4) is 0 Å². The first kappa shape index (κ1) is 14.3. The van der Waals surface area contributed by atoms with Crippen LogP contribution in [0.1, 0.15) is 0 Å². The molecule has 0 rings (SSSR count). The van der Waals surface area contributed by atoms with Gasteiger partial charge in [-0.3, -0.25) is 0 Å². The van der Waals surface area contributed by atoms with Gasteiger partial charge < -0.3 is 0 Å². The summed E-state index contributed by atoms with van der Waals surface area (Å²) in [5, 5.41) is 0. The van der Waals surface area contributed by atoms with Gasteiger partial charge in [0.05, 0.1) is 0 Å². The number of alkyl halides is 7. The van der Waals surface area contributed by atoms with E-state index in [1.165, 1.54) is 0 Å². The summed E-state index contributed by atoms with van der Waals surface area (Å²) in [4.78, 5) is 0. The molecule has 8 heteroatoms. The second-order valence-electron chi connectivity index (χ2n) is 1.42. The van der Waals surface area contributed by atoms with Crippen LogP contribution in [0, 0.1) is 0 Å². The quantitative estimate of drug-likeness (QED) is 0.459. The first-order valence-electron chi connectivity index (χ1n) is 1.92. The van der Waals surface area contributed by atoms with Gasteiger partial charge in [0, 0.05) is 37.7 Å². The van der Waals surface area contributed by atoms with E-state index in [-0.39, 0.29) is 37.7 Å². The molecule has 0 aromatic heterocycles. The minimum absolute atomic E-state index is 0. The smallest absolute Gasteiger partial charge is 0.203 e. The fourth-order valence-electron chi connectivity index (χ4n) is 0.124. The Morgan fingerprint density at radius 2 is 1.09 bits per heavy atom. The van der Waals surface area contributed by atoms with Crippen molar-refractivity contribution in [1.29, 1.82) is 0 Å². The van der Waals surface area contributed by atoms with Crippen LogP contribution in [0.5, 0.6) is 0 Å². The van der Waals surface area contributed by atoms with Gasteiger partial charge >= 0.3 is 18.5 Å². The average molecular weight is 210 g/mol. The van der Waals surface area contributed by atoms with Crippen LogP contribution in [0.25, 0.3) is 0 Å². The number of rotatable bonds is 1. The van der Waals surface area contributed by atoms with Gasteiger partial charge in [-0.15, -0.1) is 0 Å². The molecule has 0 aliphatic carbocycles. The third-order valence-electron chi connectivity index (χ3n) is 0.652. The van der Waals surface area contributed by atoms with E-state index in [4.69, 9.17) is 0 Å². The molecule has 0 amide bonds. The molecule has 0 aromatic carbocycles. The van der Waals surface area contributed by atoms with E-state index in [0.717, 1.165) is 0 Å². The Labute approximate surface area is 86.7 Å². The average Bonchev–Trinajstić information content (AvgIpc) is 1.62. The number of halogens is 7. The number of hydrogen-bond donors (Lipinski definition) is 0. The van der Waals surface area contributed by atoms with Crippen LogP contribution in [0.4, 0.5) is 30.7 Å². The van der Waals surface area contributed by atoms with Crippen LogP contribution >= 0.6 is 0 Å². The third kappa shape index (κ3) is 3.33. The Hall–Kier alpha value is 0.770. The van der Waals surface area contributed by atoms with E-state index in [1.54, 1.807) is 0 Å². The molecular weight excluding hydrogens is 209 g/mol. The number of hydrogen-bond acceptors (Lipinski definition) is 0. The van der Waals surface area contributed by atoms with Crippen molar-refractivity contribution in [2.24, 2.45) is 0 Å². The molecule has 64 valence electrons. The molecular formula is C3HCaF7. The molecule has 0 saturated heterocycles. The van der Waals surface area contributed by atoms with Gasteiger partial charge in [0.1, 0.15) is 0 Å². The van der Waals surface area contributed by atoms with Crippen molar-refractivity contribution >= 4 is 37.7 Å². The predicted molar refractivity (Wildman–Crippen MR) is 22.8 cm³/mol. The Morgan fingerprint density at radius 3 is 1.09 bits per heavy atom.